The standard InChI is InChI=1S/C15H12FNO2/c16-12-4-2-1-3-10(12)15-8-13(18)11-7-9(17)5-6-14(11)19-15/h1-7,15H,8,17H2. The van der Waals surface area contributed by atoms with E-state index in [0.717, 1.165) is 0 Å². The van der Waals surface area contributed by atoms with Gasteiger partial charge in [0, 0.05) is 11.3 Å². The average molecular weight is 257 g/mol. The van der Waals surface area contributed by atoms with Crippen LogP contribution in [0.1, 0.15) is 28.4 Å². The lowest BCUT2D eigenvalue weighted by atomic mass is 9.96. The Morgan fingerprint density at radius 1 is 1.21 bits per heavy atom. The van der Waals surface area contributed by atoms with Crippen molar-refractivity contribution in [2.45, 2.75) is 12.5 Å². The molecule has 0 saturated heterocycles. The van der Waals surface area contributed by atoms with Crippen molar-refractivity contribution in [1.82, 2.24) is 0 Å². The molecule has 1 aliphatic heterocycles. The normalized spacial score (nSPS) is 17.7. The highest BCUT2D eigenvalue weighted by molar-refractivity contribution is 6.00. The van der Waals surface area contributed by atoms with Crippen molar-refractivity contribution in [3.05, 3.63) is 59.4 Å². The number of carbonyl (C=O) groups excluding carboxylic acids is 1. The molecular weight excluding hydrogens is 245 g/mol. The summed E-state index contributed by atoms with van der Waals surface area (Å²) in [6.07, 6.45) is -0.456. The molecule has 1 heterocycles. The van der Waals surface area contributed by atoms with Crippen LogP contribution in [0.3, 0.4) is 0 Å². The zero-order valence-corrected chi connectivity index (χ0v) is 10.1. The molecule has 2 aromatic carbocycles. The van der Waals surface area contributed by atoms with E-state index in [1.807, 2.05) is 0 Å². The van der Waals surface area contributed by atoms with E-state index in [0.29, 0.717) is 22.6 Å². The molecule has 0 spiro atoms. The van der Waals surface area contributed by atoms with Gasteiger partial charge in [0.2, 0.25) is 0 Å². The second-order valence-electron chi connectivity index (χ2n) is 4.51. The van der Waals surface area contributed by atoms with Gasteiger partial charge in [0.1, 0.15) is 17.7 Å². The second-order valence-corrected chi connectivity index (χ2v) is 4.51. The maximum atomic E-state index is 13.7. The third kappa shape index (κ3) is 2.05. The van der Waals surface area contributed by atoms with E-state index in [4.69, 9.17) is 10.5 Å². The summed E-state index contributed by atoms with van der Waals surface area (Å²) >= 11 is 0. The first-order valence-corrected chi connectivity index (χ1v) is 5.99. The van der Waals surface area contributed by atoms with E-state index in [-0.39, 0.29) is 18.0 Å². The van der Waals surface area contributed by atoms with Crippen LogP contribution in [0, 0.1) is 5.82 Å². The SMILES string of the molecule is Nc1ccc2c(c1)C(=O)CC(c1ccccc1F)O2. The number of nitrogen functional groups attached to an aromatic ring is 1. The number of hydrogen-bond acceptors (Lipinski definition) is 3. The van der Waals surface area contributed by atoms with E-state index in [2.05, 4.69) is 0 Å². The Morgan fingerprint density at radius 2 is 2.00 bits per heavy atom. The van der Waals surface area contributed by atoms with Gasteiger partial charge in [-0.2, -0.15) is 0 Å². The number of carbonyl (C=O) groups is 1. The zero-order valence-electron chi connectivity index (χ0n) is 10.1. The molecule has 0 aliphatic carbocycles. The topological polar surface area (TPSA) is 52.3 Å². The fraction of sp³-hybridized carbons (Fsp3) is 0.133. The first-order chi connectivity index (χ1) is 9.15. The fourth-order valence-corrected chi connectivity index (χ4v) is 2.25. The summed E-state index contributed by atoms with van der Waals surface area (Å²) in [5.41, 5.74) is 7.03. The van der Waals surface area contributed by atoms with Crippen LogP contribution in [0.5, 0.6) is 5.75 Å². The number of benzene rings is 2. The summed E-state index contributed by atoms with van der Waals surface area (Å²) in [6.45, 7) is 0. The van der Waals surface area contributed by atoms with Crippen molar-refractivity contribution in [2.75, 3.05) is 5.73 Å². The third-order valence-electron chi connectivity index (χ3n) is 3.20. The first kappa shape index (κ1) is 11.7. The minimum atomic E-state index is -0.579. The third-order valence-corrected chi connectivity index (χ3v) is 3.20. The van der Waals surface area contributed by atoms with Crippen LogP contribution >= 0.6 is 0 Å². The Bertz CT molecular complexity index is 654. The van der Waals surface area contributed by atoms with Gasteiger partial charge in [0.05, 0.1) is 12.0 Å². The van der Waals surface area contributed by atoms with Gasteiger partial charge in [-0.1, -0.05) is 18.2 Å². The summed E-state index contributed by atoms with van der Waals surface area (Å²) in [4.78, 5) is 12.1. The average Bonchev–Trinajstić information content (AvgIpc) is 2.40. The highest BCUT2D eigenvalue weighted by atomic mass is 19.1. The van der Waals surface area contributed by atoms with Crippen molar-refractivity contribution < 1.29 is 13.9 Å². The Labute approximate surface area is 109 Å². The maximum absolute atomic E-state index is 13.7. The molecule has 4 heteroatoms. The molecule has 0 saturated carbocycles. The molecule has 3 nitrogen and oxygen atoms in total. The van der Waals surface area contributed by atoms with Gasteiger partial charge < -0.3 is 10.5 Å². The Kier molecular flexibility index (Phi) is 2.71. The smallest absolute Gasteiger partial charge is 0.170 e. The number of Topliss-reactive ketones (excluding diaryl/α,β-unsaturated/α-hetero) is 1. The molecule has 3 rings (SSSR count). The summed E-state index contributed by atoms with van der Waals surface area (Å²) in [5, 5.41) is 0. The van der Waals surface area contributed by atoms with Crippen LogP contribution < -0.4 is 10.5 Å². The van der Waals surface area contributed by atoms with E-state index in [1.54, 1.807) is 36.4 Å². The molecule has 0 radical (unpaired) electrons. The lowest BCUT2D eigenvalue weighted by molar-refractivity contribution is 0.0846. The van der Waals surface area contributed by atoms with Crippen molar-refractivity contribution in [2.24, 2.45) is 0 Å². The van der Waals surface area contributed by atoms with E-state index < -0.39 is 6.10 Å². The summed E-state index contributed by atoms with van der Waals surface area (Å²) in [7, 11) is 0. The van der Waals surface area contributed by atoms with Gasteiger partial charge in [-0.3, -0.25) is 4.79 Å². The molecule has 1 atom stereocenters. The van der Waals surface area contributed by atoms with Gasteiger partial charge in [-0.25, -0.2) is 4.39 Å². The lowest BCUT2D eigenvalue weighted by Crippen LogP contribution is -2.21. The molecule has 0 amide bonds. The van der Waals surface area contributed by atoms with Gasteiger partial charge in [-0.15, -0.1) is 0 Å². The Hall–Kier alpha value is -2.36. The van der Waals surface area contributed by atoms with Gasteiger partial charge in [0.25, 0.3) is 0 Å². The molecule has 0 bridgehead atoms. The largest absolute Gasteiger partial charge is 0.484 e. The van der Waals surface area contributed by atoms with Crippen LogP contribution in [0.15, 0.2) is 42.5 Å². The number of rotatable bonds is 1. The van der Waals surface area contributed by atoms with Crippen molar-refractivity contribution >= 4 is 11.5 Å². The highest BCUT2D eigenvalue weighted by Gasteiger charge is 2.29. The molecule has 0 aromatic heterocycles. The number of nitrogens with two attached hydrogens (primary N) is 1. The monoisotopic (exact) mass is 257 g/mol. The Morgan fingerprint density at radius 3 is 2.79 bits per heavy atom. The lowest BCUT2D eigenvalue weighted by Gasteiger charge is -2.25. The number of ether oxygens (including phenoxy) is 1. The summed E-state index contributed by atoms with van der Waals surface area (Å²) in [5.74, 6) is 0.0136. The number of anilines is 1. The van der Waals surface area contributed by atoms with Crippen LogP contribution in [0.25, 0.3) is 0 Å². The second kappa shape index (κ2) is 4.39. The number of fused-ring (bicyclic) bond motifs is 1. The van der Waals surface area contributed by atoms with E-state index >= 15 is 0 Å². The minimum absolute atomic E-state index is 0.0817. The highest BCUT2D eigenvalue weighted by Crippen LogP contribution is 2.36. The molecule has 0 fully saturated rings. The molecule has 1 aliphatic rings. The molecule has 19 heavy (non-hydrogen) atoms. The van der Waals surface area contributed by atoms with Crippen molar-refractivity contribution in [3.8, 4) is 5.75 Å². The number of hydrogen-bond donors (Lipinski definition) is 1. The van der Waals surface area contributed by atoms with Crippen LogP contribution in [-0.4, -0.2) is 5.78 Å². The van der Waals surface area contributed by atoms with Crippen molar-refractivity contribution in [1.29, 1.82) is 0 Å². The van der Waals surface area contributed by atoms with Crippen LogP contribution in [0.2, 0.25) is 0 Å². The minimum Gasteiger partial charge on any atom is -0.484 e. The first-order valence-electron chi connectivity index (χ1n) is 5.99. The fourth-order valence-electron chi connectivity index (χ4n) is 2.25. The molecule has 96 valence electrons. The summed E-state index contributed by atoms with van der Waals surface area (Å²) in [6, 6.07) is 11.2. The molecular formula is C15H12FNO2. The van der Waals surface area contributed by atoms with Crippen LogP contribution in [0.4, 0.5) is 10.1 Å². The van der Waals surface area contributed by atoms with Crippen LogP contribution in [-0.2, 0) is 0 Å². The van der Waals surface area contributed by atoms with E-state index in [9.17, 15) is 9.18 Å². The number of ketones is 1. The predicted octanol–water partition coefficient (Wildman–Crippen LogP) is 3.11. The van der Waals surface area contributed by atoms with Gasteiger partial charge in [-0.05, 0) is 24.3 Å². The van der Waals surface area contributed by atoms with Gasteiger partial charge >= 0.3 is 0 Å². The molecule has 2 N–H and O–H groups in total. The number of halogens is 1. The van der Waals surface area contributed by atoms with E-state index in [1.165, 1.54) is 6.07 Å². The summed E-state index contributed by atoms with van der Waals surface area (Å²) < 4.78 is 19.4. The predicted molar refractivity (Wildman–Crippen MR) is 69.6 cm³/mol. The Balaban J connectivity index is 2.00. The quantitative estimate of drug-likeness (QED) is 0.798. The van der Waals surface area contributed by atoms with Gasteiger partial charge in [0.15, 0.2) is 5.78 Å². The zero-order chi connectivity index (χ0) is 13.4. The maximum Gasteiger partial charge on any atom is 0.170 e. The van der Waals surface area contributed by atoms with Crippen molar-refractivity contribution in [3.63, 3.8) is 0 Å². The molecule has 2 aromatic rings. The molecule has 1 unspecified atom stereocenters.